The zero-order chi connectivity index (χ0) is 15.3. The van der Waals surface area contributed by atoms with Gasteiger partial charge in [0.1, 0.15) is 4.90 Å². The fourth-order valence-electron chi connectivity index (χ4n) is 2.44. The summed E-state index contributed by atoms with van der Waals surface area (Å²) in [5.41, 5.74) is 0.649. The average molecular weight is 312 g/mol. The van der Waals surface area contributed by atoms with E-state index < -0.39 is 10.0 Å². The first-order valence-electron chi connectivity index (χ1n) is 7.42. The number of rotatable bonds is 6. The van der Waals surface area contributed by atoms with Gasteiger partial charge in [-0.2, -0.15) is 0 Å². The minimum atomic E-state index is -3.49. The fraction of sp³-hybridized carbons (Fsp3) is 0.600. The number of benzene rings is 1. The SMILES string of the molecule is CC(C)NS(=O)(=O)c1ccccc1NCC1CCCOC1. The number of ether oxygens (including phenoxy) is 1. The highest BCUT2D eigenvalue weighted by Gasteiger charge is 2.20. The van der Waals surface area contributed by atoms with Gasteiger partial charge in [-0.3, -0.25) is 0 Å². The van der Waals surface area contributed by atoms with Crippen molar-refractivity contribution in [1.82, 2.24) is 4.72 Å². The van der Waals surface area contributed by atoms with Gasteiger partial charge in [0.2, 0.25) is 10.0 Å². The van der Waals surface area contributed by atoms with Gasteiger partial charge in [0.05, 0.1) is 12.3 Å². The van der Waals surface area contributed by atoms with Crippen molar-refractivity contribution in [2.24, 2.45) is 5.92 Å². The van der Waals surface area contributed by atoms with E-state index in [9.17, 15) is 8.42 Å². The molecule has 2 rings (SSSR count). The molecule has 0 radical (unpaired) electrons. The summed E-state index contributed by atoms with van der Waals surface area (Å²) in [7, 11) is -3.49. The topological polar surface area (TPSA) is 67.4 Å². The van der Waals surface area contributed by atoms with E-state index in [1.54, 1.807) is 18.2 Å². The van der Waals surface area contributed by atoms with E-state index in [-0.39, 0.29) is 6.04 Å². The summed E-state index contributed by atoms with van der Waals surface area (Å²) in [5.74, 6) is 0.438. The molecule has 1 unspecified atom stereocenters. The normalized spacial score (nSPS) is 19.7. The van der Waals surface area contributed by atoms with Crippen LogP contribution in [0.5, 0.6) is 0 Å². The van der Waals surface area contributed by atoms with Crippen molar-refractivity contribution >= 4 is 15.7 Å². The Morgan fingerprint density at radius 3 is 2.76 bits per heavy atom. The summed E-state index contributed by atoms with van der Waals surface area (Å²) < 4.78 is 32.7. The Labute approximate surface area is 127 Å². The van der Waals surface area contributed by atoms with Crippen LogP contribution < -0.4 is 10.0 Å². The summed E-state index contributed by atoms with van der Waals surface area (Å²) in [6.45, 7) is 5.93. The van der Waals surface area contributed by atoms with Gasteiger partial charge in [-0.25, -0.2) is 13.1 Å². The molecule has 2 N–H and O–H groups in total. The number of para-hydroxylation sites is 1. The predicted molar refractivity (Wildman–Crippen MR) is 83.9 cm³/mol. The molecule has 1 fully saturated rings. The molecule has 0 aliphatic carbocycles. The predicted octanol–water partition coefficient (Wildman–Crippen LogP) is 2.21. The van der Waals surface area contributed by atoms with Crippen LogP contribution in [0.2, 0.25) is 0 Å². The van der Waals surface area contributed by atoms with E-state index in [2.05, 4.69) is 10.0 Å². The van der Waals surface area contributed by atoms with E-state index in [1.165, 1.54) is 0 Å². The van der Waals surface area contributed by atoms with Crippen molar-refractivity contribution in [3.05, 3.63) is 24.3 Å². The number of hydrogen-bond acceptors (Lipinski definition) is 4. The molecule has 0 aromatic heterocycles. The monoisotopic (exact) mass is 312 g/mol. The third-order valence-electron chi connectivity index (χ3n) is 3.40. The van der Waals surface area contributed by atoms with Crippen LogP contribution in [-0.2, 0) is 14.8 Å². The molecule has 0 spiro atoms. The minimum Gasteiger partial charge on any atom is -0.384 e. The molecule has 118 valence electrons. The molecule has 1 aromatic carbocycles. The Morgan fingerprint density at radius 2 is 2.10 bits per heavy atom. The van der Waals surface area contributed by atoms with Crippen molar-refractivity contribution in [3.63, 3.8) is 0 Å². The first-order valence-corrected chi connectivity index (χ1v) is 8.90. The smallest absolute Gasteiger partial charge is 0.242 e. The van der Waals surface area contributed by atoms with E-state index in [1.807, 2.05) is 19.9 Å². The quantitative estimate of drug-likeness (QED) is 0.845. The van der Waals surface area contributed by atoms with Crippen LogP contribution in [0.25, 0.3) is 0 Å². The maximum atomic E-state index is 12.3. The Bertz CT molecular complexity index is 552. The lowest BCUT2D eigenvalue weighted by molar-refractivity contribution is 0.0595. The lowest BCUT2D eigenvalue weighted by Crippen LogP contribution is -2.31. The molecule has 0 bridgehead atoms. The third kappa shape index (κ3) is 4.69. The van der Waals surface area contributed by atoms with Crippen molar-refractivity contribution in [2.45, 2.75) is 37.6 Å². The molecule has 1 atom stereocenters. The van der Waals surface area contributed by atoms with Crippen LogP contribution in [0, 0.1) is 5.92 Å². The van der Waals surface area contributed by atoms with E-state index in [0.29, 0.717) is 16.5 Å². The lowest BCUT2D eigenvalue weighted by atomic mass is 10.0. The maximum absolute atomic E-state index is 12.3. The molecule has 1 aromatic rings. The third-order valence-corrected chi connectivity index (χ3v) is 5.12. The van der Waals surface area contributed by atoms with Crippen LogP contribution in [0.1, 0.15) is 26.7 Å². The Balaban J connectivity index is 2.09. The highest BCUT2D eigenvalue weighted by atomic mass is 32.2. The van der Waals surface area contributed by atoms with E-state index in [0.717, 1.165) is 32.6 Å². The summed E-state index contributed by atoms with van der Waals surface area (Å²) >= 11 is 0. The molecule has 1 aliphatic rings. The fourth-order valence-corrected chi connectivity index (χ4v) is 3.88. The highest BCUT2D eigenvalue weighted by Crippen LogP contribution is 2.22. The number of sulfonamides is 1. The van der Waals surface area contributed by atoms with Gasteiger partial charge >= 0.3 is 0 Å². The minimum absolute atomic E-state index is 0.130. The molecule has 6 heteroatoms. The van der Waals surface area contributed by atoms with Crippen molar-refractivity contribution in [1.29, 1.82) is 0 Å². The van der Waals surface area contributed by atoms with Crippen LogP contribution in [0.4, 0.5) is 5.69 Å². The highest BCUT2D eigenvalue weighted by molar-refractivity contribution is 7.89. The molecule has 0 amide bonds. The summed E-state index contributed by atoms with van der Waals surface area (Å²) in [6, 6.07) is 6.88. The molecular weight excluding hydrogens is 288 g/mol. The van der Waals surface area contributed by atoms with Crippen LogP contribution >= 0.6 is 0 Å². The van der Waals surface area contributed by atoms with Gasteiger partial charge in [0, 0.05) is 19.2 Å². The number of nitrogens with one attached hydrogen (secondary N) is 2. The zero-order valence-electron chi connectivity index (χ0n) is 12.6. The molecule has 1 saturated heterocycles. The summed E-state index contributed by atoms with van der Waals surface area (Å²) in [6.07, 6.45) is 2.19. The van der Waals surface area contributed by atoms with E-state index >= 15 is 0 Å². The van der Waals surface area contributed by atoms with Gasteiger partial charge in [-0.05, 0) is 44.7 Å². The summed E-state index contributed by atoms with van der Waals surface area (Å²) in [5, 5.41) is 3.26. The maximum Gasteiger partial charge on any atom is 0.242 e. The van der Waals surface area contributed by atoms with Gasteiger partial charge in [-0.15, -0.1) is 0 Å². The largest absolute Gasteiger partial charge is 0.384 e. The summed E-state index contributed by atoms with van der Waals surface area (Å²) in [4.78, 5) is 0.301. The van der Waals surface area contributed by atoms with Crippen molar-refractivity contribution in [3.8, 4) is 0 Å². The second-order valence-corrected chi connectivity index (χ2v) is 7.42. The van der Waals surface area contributed by atoms with Crippen LogP contribution in [0.3, 0.4) is 0 Å². The zero-order valence-corrected chi connectivity index (χ0v) is 13.4. The van der Waals surface area contributed by atoms with Crippen molar-refractivity contribution in [2.75, 3.05) is 25.1 Å². The Morgan fingerprint density at radius 1 is 1.33 bits per heavy atom. The van der Waals surface area contributed by atoms with E-state index in [4.69, 9.17) is 4.74 Å². The second-order valence-electron chi connectivity index (χ2n) is 5.74. The van der Waals surface area contributed by atoms with Gasteiger partial charge < -0.3 is 10.1 Å². The Hall–Kier alpha value is -1.11. The molecule has 0 saturated carbocycles. The molecular formula is C15H24N2O3S. The van der Waals surface area contributed by atoms with Gasteiger partial charge in [0.25, 0.3) is 0 Å². The molecule has 5 nitrogen and oxygen atoms in total. The molecule has 1 aliphatic heterocycles. The Kier molecular flexibility index (Phi) is 5.61. The number of hydrogen-bond donors (Lipinski definition) is 2. The molecule has 21 heavy (non-hydrogen) atoms. The standard InChI is InChI=1S/C15H24N2O3S/c1-12(2)17-21(18,19)15-8-4-3-7-14(15)16-10-13-6-5-9-20-11-13/h3-4,7-8,12-13,16-17H,5-6,9-11H2,1-2H3. The first-order chi connectivity index (χ1) is 9.99. The van der Waals surface area contributed by atoms with Gasteiger partial charge in [-0.1, -0.05) is 12.1 Å². The average Bonchev–Trinajstić information content (AvgIpc) is 2.45. The lowest BCUT2D eigenvalue weighted by Gasteiger charge is -2.23. The number of anilines is 1. The molecule has 1 heterocycles. The second kappa shape index (κ2) is 7.24. The van der Waals surface area contributed by atoms with Crippen LogP contribution in [-0.4, -0.2) is 34.2 Å². The van der Waals surface area contributed by atoms with Crippen LogP contribution in [0.15, 0.2) is 29.2 Å². The van der Waals surface area contributed by atoms with Crippen molar-refractivity contribution < 1.29 is 13.2 Å². The van der Waals surface area contributed by atoms with Gasteiger partial charge in [0.15, 0.2) is 0 Å². The first kappa shape index (κ1) is 16.3.